The predicted octanol–water partition coefficient (Wildman–Crippen LogP) is 1.90. The van der Waals surface area contributed by atoms with Crippen LogP contribution in [0.3, 0.4) is 0 Å². The summed E-state index contributed by atoms with van der Waals surface area (Å²) in [5.41, 5.74) is 5.36. The minimum atomic E-state index is -0.696. The molecule has 110 valence electrons. The minimum absolute atomic E-state index is 0.0893. The Morgan fingerprint density at radius 2 is 2.30 bits per heavy atom. The lowest BCUT2D eigenvalue weighted by Crippen LogP contribution is -2.58. The Morgan fingerprint density at radius 1 is 1.55 bits per heavy atom. The number of amides is 1. The molecule has 1 amide bonds. The highest BCUT2D eigenvalue weighted by Gasteiger charge is 2.40. The molecular formula is C15H21FN2O2. The molecular weight excluding hydrogens is 259 g/mol. The Morgan fingerprint density at radius 3 is 2.90 bits per heavy atom. The van der Waals surface area contributed by atoms with Gasteiger partial charge in [0.15, 0.2) is 0 Å². The van der Waals surface area contributed by atoms with Gasteiger partial charge in [-0.25, -0.2) is 4.39 Å². The van der Waals surface area contributed by atoms with Gasteiger partial charge in [0.25, 0.3) is 0 Å². The van der Waals surface area contributed by atoms with Crippen LogP contribution in [0.25, 0.3) is 0 Å². The second-order valence-corrected chi connectivity index (χ2v) is 5.44. The average Bonchev–Trinajstić information content (AvgIpc) is 2.43. The lowest BCUT2D eigenvalue weighted by atomic mass is 9.79. The monoisotopic (exact) mass is 280 g/mol. The molecule has 1 aliphatic carbocycles. The summed E-state index contributed by atoms with van der Waals surface area (Å²) >= 11 is 0. The van der Waals surface area contributed by atoms with Gasteiger partial charge in [-0.15, -0.1) is 0 Å². The molecule has 4 nitrogen and oxygen atoms in total. The van der Waals surface area contributed by atoms with E-state index in [2.05, 4.69) is 5.32 Å². The number of rotatable bonds is 4. The zero-order chi connectivity index (χ0) is 14.8. The van der Waals surface area contributed by atoms with Gasteiger partial charge in [0.05, 0.1) is 0 Å². The topological polar surface area (TPSA) is 64.3 Å². The lowest BCUT2D eigenvalue weighted by Gasteiger charge is -2.38. The van der Waals surface area contributed by atoms with Gasteiger partial charge in [-0.05, 0) is 57.0 Å². The Labute approximate surface area is 118 Å². The van der Waals surface area contributed by atoms with Crippen LogP contribution in [-0.2, 0) is 4.79 Å². The minimum Gasteiger partial charge on any atom is -0.490 e. The van der Waals surface area contributed by atoms with Crippen molar-refractivity contribution in [3.63, 3.8) is 0 Å². The number of hydrogen-bond acceptors (Lipinski definition) is 3. The van der Waals surface area contributed by atoms with Gasteiger partial charge in [0.2, 0.25) is 5.91 Å². The molecule has 1 aliphatic rings. The van der Waals surface area contributed by atoms with Crippen molar-refractivity contribution in [2.24, 2.45) is 5.73 Å². The number of carbonyl (C=O) groups excluding carboxylic acids is 1. The zero-order valence-electron chi connectivity index (χ0n) is 11.9. The molecule has 0 spiro atoms. The van der Waals surface area contributed by atoms with E-state index < -0.39 is 5.54 Å². The van der Waals surface area contributed by atoms with Crippen molar-refractivity contribution in [1.29, 1.82) is 0 Å². The molecule has 0 saturated heterocycles. The first-order valence-electron chi connectivity index (χ1n) is 6.88. The molecule has 20 heavy (non-hydrogen) atoms. The number of aryl methyl sites for hydroxylation is 1. The van der Waals surface area contributed by atoms with Crippen molar-refractivity contribution in [1.82, 2.24) is 5.32 Å². The molecule has 0 aromatic heterocycles. The number of nitrogens with two attached hydrogens (primary N) is 1. The smallest absolute Gasteiger partial charge is 0.237 e. The van der Waals surface area contributed by atoms with Crippen LogP contribution >= 0.6 is 0 Å². The second kappa shape index (κ2) is 5.79. The highest BCUT2D eigenvalue weighted by molar-refractivity contribution is 5.84. The third kappa shape index (κ3) is 2.93. The normalized spacial score (nSPS) is 26.2. The van der Waals surface area contributed by atoms with Crippen molar-refractivity contribution >= 4 is 5.91 Å². The quantitative estimate of drug-likeness (QED) is 0.885. The van der Waals surface area contributed by atoms with Crippen LogP contribution in [0.1, 0.15) is 31.2 Å². The molecule has 1 fully saturated rings. The van der Waals surface area contributed by atoms with Crippen molar-refractivity contribution in [3.8, 4) is 5.75 Å². The molecule has 1 aromatic carbocycles. The number of primary amides is 1. The maximum atomic E-state index is 13.2. The molecule has 0 radical (unpaired) electrons. The molecule has 2 unspecified atom stereocenters. The summed E-state index contributed by atoms with van der Waals surface area (Å²) in [7, 11) is 1.75. The van der Waals surface area contributed by atoms with E-state index in [1.54, 1.807) is 26.1 Å². The first kappa shape index (κ1) is 14.8. The molecule has 3 N–H and O–H groups in total. The highest BCUT2D eigenvalue weighted by atomic mass is 19.1. The SMILES string of the molecule is CNC1(C(N)=O)CCCC(Oc2ccc(F)c(C)c2)C1. The van der Waals surface area contributed by atoms with Gasteiger partial charge in [-0.2, -0.15) is 0 Å². The molecule has 2 rings (SSSR count). The van der Waals surface area contributed by atoms with E-state index in [4.69, 9.17) is 10.5 Å². The summed E-state index contributed by atoms with van der Waals surface area (Å²) in [6, 6.07) is 4.68. The molecule has 5 heteroatoms. The predicted molar refractivity (Wildman–Crippen MR) is 75.0 cm³/mol. The standard InChI is InChI=1S/C15H21FN2O2/c1-10-8-11(5-6-13(10)16)20-12-4-3-7-15(9-12,18-2)14(17)19/h5-6,8,12,18H,3-4,7,9H2,1-2H3,(H2,17,19). The summed E-state index contributed by atoms with van der Waals surface area (Å²) in [6.07, 6.45) is 2.91. The van der Waals surface area contributed by atoms with E-state index in [1.165, 1.54) is 6.07 Å². The van der Waals surface area contributed by atoms with Crippen LogP contribution in [0.15, 0.2) is 18.2 Å². The van der Waals surface area contributed by atoms with Gasteiger partial charge < -0.3 is 15.8 Å². The molecule has 0 aliphatic heterocycles. The Kier molecular flexibility index (Phi) is 4.28. The van der Waals surface area contributed by atoms with Crippen LogP contribution in [0.4, 0.5) is 4.39 Å². The Bertz CT molecular complexity index is 507. The number of likely N-dealkylation sites (N-methyl/N-ethyl adjacent to an activating group) is 1. The maximum absolute atomic E-state index is 13.2. The molecule has 0 bridgehead atoms. The van der Waals surface area contributed by atoms with Gasteiger partial charge >= 0.3 is 0 Å². The number of hydrogen-bond donors (Lipinski definition) is 2. The van der Waals surface area contributed by atoms with Gasteiger partial charge in [0.1, 0.15) is 23.2 Å². The summed E-state index contributed by atoms with van der Waals surface area (Å²) in [4.78, 5) is 11.7. The number of carbonyl (C=O) groups is 1. The Hall–Kier alpha value is -1.62. The summed E-state index contributed by atoms with van der Waals surface area (Å²) < 4.78 is 19.1. The van der Waals surface area contributed by atoms with Crippen molar-refractivity contribution in [3.05, 3.63) is 29.6 Å². The average molecular weight is 280 g/mol. The molecule has 1 saturated carbocycles. The largest absolute Gasteiger partial charge is 0.490 e. The number of benzene rings is 1. The fraction of sp³-hybridized carbons (Fsp3) is 0.533. The van der Waals surface area contributed by atoms with E-state index in [0.717, 1.165) is 19.3 Å². The summed E-state index contributed by atoms with van der Waals surface area (Å²) in [5.74, 6) is 0.0385. The highest BCUT2D eigenvalue weighted by Crippen LogP contribution is 2.31. The maximum Gasteiger partial charge on any atom is 0.237 e. The first-order chi connectivity index (χ1) is 9.47. The fourth-order valence-corrected chi connectivity index (χ4v) is 2.78. The molecule has 0 heterocycles. The number of halogens is 1. The van der Waals surface area contributed by atoms with Gasteiger partial charge in [-0.3, -0.25) is 4.79 Å². The third-order valence-corrected chi connectivity index (χ3v) is 4.09. The molecule has 1 aromatic rings. The van der Waals surface area contributed by atoms with Crippen LogP contribution < -0.4 is 15.8 Å². The second-order valence-electron chi connectivity index (χ2n) is 5.44. The van der Waals surface area contributed by atoms with Gasteiger partial charge in [-0.1, -0.05) is 0 Å². The van der Waals surface area contributed by atoms with Crippen LogP contribution in [0, 0.1) is 12.7 Å². The third-order valence-electron chi connectivity index (χ3n) is 4.09. The van der Waals surface area contributed by atoms with Gasteiger partial charge in [0, 0.05) is 6.42 Å². The van der Waals surface area contributed by atoms with E-state index in [-0.39, 0.29) is 17.8 Å². The first-order valence-corrected chi connectivity index (χ1v) is 6.88. The fourth-order valence-electron chi connectivity index (χ4n) is 2.78. The molecule has 2 atom stereocenters. The van der Waals surface area contributed by atoms with Crippen LogP contribution in [0.5, 0.6) is 5.75 Å². The van der Waals surface area contributed by atoms with Crippen LogP contribution in [0.2, 0.25) is 0 Å². The number of nitrogens with one attached hydrogen (secondary N) is 1. The van der Waals surface area contributed by atoms with Crippen molar-refractivity contribution in [2.75, 3.05) is 7.05 Å². The van der Waals surface area contributed by atoms with E-state index in [1.807, 2.05) is 0 Å². The van der Waals surface area contributed by atoms with E-state index in [9.17, 15) is 9.18 Å². The summed E-state index contributed by atoms with van der Waals surface area (Å²) in [5, 5.41) is 3.04. The van der Waals surface area contributed by atoms with E-state index >= 15 is 0 Å². The van der Waals surface area contributed by atoms with Crippen molar-refractivity contribution in [2.45, 2.75) is 44.2 Å². The van der Waals surface area contributed by atoms with Crippen molar-refractivity contribution < 1.29 is 13.9 Å². The lowest BCUT2D eigenvalue weighted by molar-refractivity contribution is -0.126. The Balaban J connectivity index is 2.09. The number of ether oxygens (including phenoxy) is 1. The summed E-state index contributed by atoms with van der Waals surface area (Å²) in [6.45, 7) is 1.70. The van der Waals surface area contributed by atoms with Crippen LogP contribution in [-0.4, -0.2) is 24.6 Å². The zero-order valence-corrected chi connectivity index (χ0v) is 11.9. The van der Waals surface area contributed by atoms with E-state index in [0.29, 0.717) is 17.7 Å².